The van der Waals surface area contributed by atoms with Gasteiger partial charge in [0.25, 0.3) is 6.67 Å². The number of fused-ring (bicyclic) bond motifs is 1. The second-order valence-electron chi connectivity index (χ2n) is 8.09. The fourth-order valence-corrected chi connectivity index (χ4v) is 4.05. The molecule has 1 unspecified atom stereocenters. The molecule has 0 saturated carbocycles. The van der Waals surface area contributed by atoms with Crippen LogP contribution in [0.25, 0.3) is 0 Å². The third-order valence-electron chi connectivity index (χ3n) is 5.67. The molecule has 8 heteroatoms. The predicted molar refractivity (Wildman–Crippen MR) is 111 cm³/mol. The fourth-order valence-electron chi connectivity index (χ4n) is 4.05. The second kappa shape index (κ2) is 7.48. The van der Waals surface area contributed by atoms with E-state index in [1.165, 1.54) is 4.58 Å². The monoisotopic (exact) mass is 450 g/mol. The molecule has 32 heavy (non-hydrogen) atoms. The molecule has 3 aromatic rings. The van der Waals surface area contributed by atoms with E-state index in [2.05, 4.69) is 0 Å². The summed E-state index contributed by atoms with van der Waals surface area (Å²) in [5.41, 5.74) is 0.591. The van der Waals surface area contributed by atoms with Gasteiger partial charge in [-0.05, 0) is 36.8 Å². The number of halogens is 6. The van der Waals surface area contributed by atoms with Crippen LogP contribution in [0.2, 0.25) is 0 Å². The Balaban J connectivity index is 1.95. The highest BCUT2D eigenvalue weighted by Crippen LogP contribution is 2.41. The number of nitrogens with zero attached hydrogens (tertiary/aromatic N) is 2. The molecule has 1 heterocycles. The lowest BCUT2D eigenvalue weighted by Crippen LogP contribution is -2.48. The van der Waals surface area contributed by atoms with Gasteiger partial charge in [0.05, 0.1) is 18.2 Å². The van der Waals surface area contributed by atoms with Gasteiger partial charge in [-0.2, -0.15) is 26.3 Å². The van der Waals surface area contributed by atoms with Gasteiger partial charge in [0, 0.05) is 18.2 Å². The molecule has 166 valence electrons. The summed E-state index contributed by atoms with van der Waals surface area (Å²) in [7, 11) is 1.89. The van der Waals surface area contributed by atoms with Crippen molar-refractivity contribution in [1.82, 2.24) is 4.48 Å². The van der Waals surface area contributed by atoms with Gasteiger partial charge in [-0.3, -0.25) is 0 Å². The number of para-hydroxylation sites is 1. The highest BCUT2D eigenvalue weighted by molar-refractivity contribution is 5.88. The maximum atomic E-state index is 13.4. The van der Waals surface area contributed by atoms with E-state index in [0.717, 1.165) is 34.6 Å². The lowest BCUT2D eigenvalue weighted by atomic mass is 10.0. The van der Waals surface area contributed by atoms with Crippen molar-refractivity contribution in [3.05, 3.63) is 89.0 Å². The lowest BCUT2D eigenvalue weighted by molar-refractivity contribution is -0.456. The van der Waals surface area contributed by atoms with Crippen molar-refractivity contribution in [1.29, 1.82) is 0 Å². The Bertz CT molecular complexity index is 1160. The third kappa shape index (κ3) is 4.02. The molecule has 0 amide bonds. The molecule has 0 fully saturated rings. The number of alkyl halides is 6. The summed E-state index contributed by atoms with van der Waals surface area (Å²) in [6.07, 6.45) is -8.20. The van der Waals surface area contributed by atoms with Gasteiger partial charge in [-0.15, -0.1) is 4.58 Å². The van der Waals surface area contributed by atoms with Crippen LogP contribution in [0.1, 0.15) is 22.3 Å². The van der Waals surface area contributed by atoms with Gasteiger partial charge < -0.3 is 0 Å². The van der Waals surface area contributed by atoms with Crippen molar-refractivity contribution in [2.75, 3.05) is 13.7 Å². The number of hydrogen-bond acceptors (Lipinski definition) is 0. The van der Waals surface area contributed by atoms with Crippen LogP contribution in [-0.4, -0.2) is 24.5 Å². The standard InChI is InChI=1S/C24H20F6N2/c1-16-8-9-22-17(10-16)14-31(15-32(22,2)21-6-4-3-5-7-21)20-12-18(23(25,26)27)11-19(13-20)24(28,29)30/h3-14H,15H2,1-2H3/q+2. The molecule has 0 aliphatic carbocycles. The number of hydrogen-bond donors (Lipinski definition) is 0. The van der Waals surface area contributed by atoms with Crippen LogP contribution < -0.4 is 4.48 Å². The maximum Gasteiger partial charge on any atom is 0.416 e. The van der Waals surface area contributed by atoms with Gasteiger partial charge in [0.2, 0.25) is 5.69 Å². The van der Waals surface area contributed by atoms with E-state index in [9.17, 15) is 26.3 Å². The first-order valence-corrected chi connectivity index (χ1v) is 9.81. The topological polar surface area (TPSA) is 3.01 Å². The van der Waals surface area contributed by atoms with Gasteiger partial charge in [-0.1, -0.05) is 24.3 Å². The smallest absolute Gasteiger partial charge is 0.206 e. The molecule has 3 aromatic carbocycles. The van der Waals surface area contributed by atoms with E-state index in [-0.39, 0.29) is 22.9 Å². The minimum atomic E-state index is -4.90. The van der Waals surface area contributed by atoms with Gasteiger partial charge in [0.1, 0.15) is 11.3 Å². The third-order valence-corrected chi connectivity index (χ3v) is 5.67. The zero-order valence-corrected chi connectivity index (χ0v) is 17.3. The Morgan fingerprint density at radius 3 is 1.94 bits per heavy atom. The first kappa shape index (κ1) is 22.1. The molecule has 0 bridgehead atoms. The van der Waals surface area contributed by atoms with E-state index >= 15 is 0 Å². The van der Waals surface area contributed by atoms with Gasteiger partial charge in [-0.25, -0.2) is 4.48 Å². The van der Waals surface area contributed by atoms with Crippen molar-refractivity contribution in [2.45, 2.75) is 19.3 Å². The first-order valence-electron chi connectivity index (χ1n) is 9.81. The molecule has 1 aliphatic heterocycles. The Kier molecular flexibility index (Phi) is 5.16. The SMILES string of the molecule is Cc1ccc2c(c1)C=[N+](c1cc(C(F)(F)F)cc(C(F)(F)F)c1)C[N+]2(C)c1ccccc1. The average molecular weight is 450 g/mol. The molecular formula is C24H20F6N2+2. The van der Waals surface area contributed by atoms with Crippen LogP contribution in [0.5, 0.6) is 0 Å². The van der Waals surface area contributed by atoms with Crippen molar-refractivity contribution in [3.8, 4) is 0 Å². The Labute approximate surface area is 181 Å². The molecule has 0 radical (unpaired) electrons. The summed E-state index contributed by atoms with van der Waals surface area (Å²) in [4.78, 5) is 0. The maximum absolute atomic E-state index is 13.4. The summed E-state index contributed by atoms with van der Waals surface area (Å²) >= 11 is 0. The molecule has 1 aliphatic rings. The lowest BCUT2D eigenvalue weighted by Gasteiger charge is -2.34. The fraction of sp³-hybridized carbons (Fsp3) is 0.208. The molecule has 4 rings (SSSR count). The molecular weight excluding hydrogens is 430 g/mol. The molecule has 0 aromatic heterocycles. The van der Waals surface area contributed by atoms with Crippen molar-refractivity contribution in [3.63, 3.8) is 0 Å². The average Bonchev–Trinajstić information content (AvgIpc) is 2.72. The van der Waals surface area contributed by atoms with Crippen LogP contribution in [-0.2, 0) is 12.4 Å². The van der Waals surface area contributed by atoms with E-state index in [1.54, 1.807) is 6.21 Å². The van der Waals surface area contributed by atoms with Crippen LogP contribution >= 0.6 is 0 Å². The number of rotatable bonds is 2. The number of benzene rings is 3. The first-order chi connectivity index (χ1) is 14.9. The summed E-state index contributed by atoms with van der Waals surface area (Å²) in [6, 6.07) is 16.8. The molecule has 0 N–H and O–H groups in total. The largest absolute Gasteiger partial charge is 0.416 e. The van der Waals surface area contributed by atoms with Crippen LogP contribution in [0.3, 0.4) is 0 Å². The highest BCUT2D eigenvalue weighted by atomic mass is 19.4. The summed E-state index contributed by atoms with van der Waals surface area (Å²) in [5, 5.41) is 0. The summed E-state index contributed by atoms with van der Waals surface area (Å²) < 4.78 is 82.1. The second-order valence-corrected chi connectivity index (χ2v) is 8.09. The Hall–Kier alpha value is -3.13. The van der Waals surface area contributed by atoms with Gasteiger partial charge >= 0.3 is 12.4 Å². The summed E-state index contributed by atoms with van der Waals surface area (Å²) in [6.45, 7) is 2.00. The molecule has 0 saturated heterocycles. The van der Waals surface area contributed by atoms with E-state index in [1.807, 2.05) is 62.5 Å². The highest BCUT2D eigenvalue weighted by Gasteiger charge is 2.42. The minimum Gasteiger partial charge on any atom is -0.206 e. The Morgan fingerprint density at radius 1 is 0.781 bits per heavy atom. The molecule has 2 nitrogen and oxygen atoms in total. The van der Waals surface area contributed by atoms with E-state index in [4.69, 9.17) is 0 Å². The minimum absolute atomic E-state index is 0.124. The van der Waals surface area contributed by atoms with E-state index < -0.39 is 23.5 Å². The van der Waals surface area contributed by atoms with Crippen molar-refractivity contribution < 1.29 is 30.9 Å². The van der Waals surface area contributed by atoms with Crippen LogP contribution in [0, 0.1) is 6.92 Å². The van der Waals surface area contributed by atoms with Crippen molar-refractivity contribution >= 4 is 23.3 Å². The van der Waals surface area contributed by atoms with E-state index in [0.29, 0.717) is 0 Å². The predicted octanol–water partition coefficient (Wildman–Crippen LogP) is 7.04. The Morgan fingerprint density at radius 2 is 1.38 bits per heavy atom. The zero-order valence-electron chi connectivity index (χ0n) is 17.3. The quantitative estimate of drug-likeness (QED) is 0.224. The molecule has 1 atom stereocenters. The van der Waals surface area contributed by atoms with Crippen LogP contribution in [0.15, 0.2) is 66.7 Å². The summed E-state index contributed by atoms with van der Waals surface area (Å²) in [5.74, 6) is 0. The number of quaternary nitrogens is 1. The van der Waals surface area contributed by atoms with Crippen LogP contribution in [0.4, 0.5) is 43.4 Å². The number of aryl methyl sites for hydroxylation is 1. The zero-order chi connectivity index (χ0) is 23.3. The molecule has 0 spiro atoms. The van der Waals surface area contributed by atoms with Crippen molar-refractivity contribution in [2.24, 2.45) is 0 Å². The van der Waals surface area contributed by atoms with Gasteiger partial charge in [0.15, 0.2) is 11.9 Å². The normalized spacial score (nSPS) is 18.8.